The van der Waals surface area contributed by atoms with Gasteiger partial charge in [-0.25, -0.2) is 4.98 Å². The maximum absolute atomic E-state index is 12.4. The number of amides is 1. The average Bonchev–Trinajstić information content (AvgIpc) is 3.05. The van der Waals surface area contributed by atoms with Crippen molar-refractivity contribution in [1.29, 1.82) is 0 Å². The van der Waals surface area contributed by atoms with E-state index in [0.717, 1.165) is 41.9 Å². The molecule has 6 heteroatoms. The number of nitrogens with zero attached hydrogens (tertiary/aromatic N) is 3. The van der Waals surface area contributed by atoms with Crippen LogP contribution in [-0.2, 0) is 0 Å². The second-order valence-corrected chi connectivity index (χ2v) is 6.55. The molecule has 5 nitrogen and oxygen atoms in total. The fourth-order valence-electron chi connectivity index (χ4n) is 3.31. The predicted molar refractivity (Wildman–Crippen MR) is 93.2 cm³/mol. The number of halogens is 1. The summed E-state index contributed by atoms with van der Waals surface area (Å²) in [7, 11) is 0. The zero-order valence-corrected chi connectivity index (χ0v) is 13.8. The molecule has 1 aliphatic rings. The molecule has 1 aliphatic heterocycles. The number of carbonyl (C=O) groups is 1. The molecule has 24 heavy (non-hydrogen) atoms. The predicted octanol–water partition coefficient (Wildman–Crippen LogP) is 3.63. The van der Waals surface area contributed by atoms with Crippen molar-refractivity contribution in [2.75, 3.05) is 13.1 Å². The van der Waals surface area contributed by atoms with Crippen molar-refractivity contribution in [1.82, 2.24) is 19.9 Å². The lowest BCUT2D eigenvalue weighted by Crippen LogP contribution is -2.38. The highest BCUT2D eigenvalue weighted by atomic mass is 35.5. The summed E-state index contributed by atoms with van der Waals surface area (Å²) >= 11 is 6.06. The third-order valence-corrected chi connectivity index (χ3v) is 4.84. The fourth-order valence-corrected chi connectivity index (χ4v) is 3.49. The van der Waals surface area contributed by atoms with Crippen molar-refractivity contribution in [2.24, 2.45) is 0 Å². The fraction of sp³-hybridized carbons (Fsp3) is 0.278. The third-order valence-electron chi connectivity index (χ3n) is 4.61. The topological polar surface area (TPSA) is 61.9 Å². The van der Waals surface area contributed by atoms with Crippen molar-refractivity contribution < 1.29 is 4.79 Å². The molecule has 1 N–H and O–H groups in total. The van der Waals surface area contributed by atoms with Gasteiger partial charge in [0.15, 0.2) is 0 Å². The molecule has 0 radical (unpaired) electrons. The Morgan fingerprint density at radius 1 is 1.21 bits per heavy atom. The molecule has 1 amide bonds. The van der Waals surface area contributed by atoms with Gasteiger partial charge in [-0.05, 0) is 37.1 Å². The SMILES string of the molecule is O=C(c1cnccn1)N1CCC(c2cc3cc(Cl)ccc3[nH]2)CC1. The van der Waals surface area contributed by atoms with Gasteiger partial charge in [0.25, 0.3) is 5.91 Å². The number of hydrogen-bond acceptors (Lipinski definition) is 3. The van der Waals surface area contributed by atoms with Crippen LogP contribution in [0.1, 0.15) is 34.9 Å². The second kappa shape index (κ2) is 6.24. The molecule has 0 bridgehead atoms. The van der Waals surface area contributed by atoms with Crippen molar-refractivity contribution >= 4 is 28.4 Å². The van der Waals surface area contributed by atoms with E-state index in [2.05, 4.69) is 21.0 Å². The number of nitrogens with one attached hydrogen (secondary N) is 1. The number of rotatable bonds is 2. The Balaban J connectivity index is 1.46. The molecule has 2 aromatic heterocycles. The standard InChI is InChI=1S/C18H17ClN4O/c19-14-1-2-15-13(9-14)10-16(22-15)12-3-7-23(8-4-12)18(24)17-11-20-5-6-21-17/h1-2,5-6,9-12,22H,3-4,7-8H2. The lowest BCUT2D eigenvalue weighted by Gasteiger charge is -2.31. The number of benzene rings is 1. The molecule has 0 saturated carbocycles. The first-order chi connectivity index (χ1) is 11.7. The Labute approximate surface area is 144 Å². The molecule has 1 fully saturated rings. The monoisotopic (exact) mass is 340 g/mol. The first-order valence-electron chi connectivity index (χ1n) is 8.04. The minimum atomic E-state index is -0.0371. The van der Waals surface area contributed by atoms with Gasteiger partial charge in [0.2, 0.25) is 0 Å². The minimum absolute atomic E-state index is 0.0371. The van der Waals surface area contributed by atoms with E-state index in [1.165, 1.54) is 11.9 Å². The Morgan fingerprint density at radius 2 is 2.04 bits per heavy atom. The van der Waals surface area contributed by atoms with Crippen molar-refractivity contribution in [2.45, 2.75) is 18.8 Å². The van der Waals surface area contributed by atoms with Crippen molar-refractivity contribution in [3.8, 4) is 0 Å². The molecule has 1 saturated heterocycles. The van der Waals surface area contributed by atoms with Gasteiger partial charge in [-0.15, -0.1) is 0 Å². The maximum atomic E-state index is 12.4. The molecule has 0 atom stereocenters. The van der Waals surface area contributed by atoms with Crippen LogP contribution in [0.3, 0.4) is 0 Å². The van der Waals surface area contributed by atoms with Gasteiger partial charge in [-0.3, -0.25) is 9.78 Å². The molecule has 0 unspecified atom stereocenters. The number of likely N-dealkylation sites (tertiary alicyclic amines) is 1. The molecular formula is C18H17ClN4O. The number of fused-ring (bicyclic) bond motifs is 1. The van der Waals surface area contributed by atoms with Crippen LogP contribution in [-0.4, -0.2) is 38.8 Å². The first kappa shape index (κ1) is 15.1. The van der Waals surface area contributed by atoms with Crippen LogP contribution >= 0.6 is 11.6 Å². The summed E-state index contributed by atoms with van der Waals surface area (Å²) in [5.74, 6) is 0.395. The Hall–Kier alpha value is -2.40. The normalized spacial score (nSPS) is 15.8. The van der Waals surface area contributed by atoms with Crippen LogP contribution < -0.4 is 0 Å². The number of piperidine rings is 1. The highest BCUT2D eigenvalue weighted by Gasteiger charge is 2.26. The van der Waals surface area contributed by atoms with Crippen molar-refractivity contribution in [3.05, 3.63) is 59.3 Å². The van der Waals surface area contributed by atoms with E-state index in [9.17, 15) is 4.79 Å². The lowest BCUT2D eigenvalue weighted by molar-refractivity contribution is 0.0705. The lowest BCUT2D eigenvalue weighted by atomic mass is 9.93. The van der Waals surface area contributed by atoms with Crippen LogP contribution in [0.25, 0.3) is 10.9 Å². The molecule has 0 aliphatic carbocycles. The number of aromatic nitrogens is 3. The summed E-state index contributed by atoms with van der Waals surface area (Å²) in [5, 5.41) is 1.88. The van der Waals surface area contributed by atoms with E-state index in [-0.39, 0.29) is 5.91 Å². The zero-order chi connectivity index (χ0) is 16.5. The number of aromatic amines is 1. The first-order valence-corrected chi connectivity index (χ1v) is 8.42. The molecule has 3 heterocycles. The highest BCUT2D eigenvalue weighted by Crippen LogP contribution is 2.31. The number of carbonyl (C=O) groups excluding carboxylic acids is 1. The number of hydrogen-bond donors (Lipinski definition) is 1. The Bertz CT molecular complexity index is 869. The van der Waals surface area contributed by atoms with E-state index in [1.54, 1.807) is 12.4 Å². The quantitative estimate of drug-likeness (QED) is 0.774. The van der Waals surface area contributed by atoms with E-state index >= 15 is 0 Å². The summed E-state index contributed by atoms with van der Waals surface area (Å²) in [6.07, 6.45) is 6.52. The summed E-state index contributed by atoms with van der Waals surface area (Å²) in [5.41, 5.74) is 2.74. The van der Waals surface area contributed by atoms with Crippen LogP contribution in [0.15, 0.2) is 42.9 Å². The highest BCUT2D eigenvalue weighted by molar-refractivity contribution is 6.31. The third kappa shape index (κ3) is 2.87. The zero-order valence-electron chi connectivity index (χ0n) is 13.1. The van der Waals surface area contributed by atoms with Gasteiger partial charge in [-0.1, -0.05) is 11.6 Å². The molecular weight excluding hydrogens is 324 g/mol. The van der Waals surface area contributed by atoms with Gasteiger partial charge < -0.3 is 9.88 Å². The molecule has 3 aromatic rings. The summed E-state index contributed by atoms with van der Waals surface area (Å²) < 4.78 is 0. The van der Waals surface area contributed by atoms with Gasteiger partial charge in [0, 0.05) is 53.0 Å². The van der Waals surface area contributed by atoms with Gasteiger partial charge in [0.05, 0.1) is 6.20 Å². The summed E-state index contributed by atoms with van der Waals surface area (Å²) in [4.78, 5) is 25.8. The largest absolute Gasteiger partial charge is 0.358 e. The Morgan fingerprint density at radius 3 is 2.79 bits per heavy atom. The number of H-pyrrole nitrogens is 1. The van der Waals surface area contributed by atoms with Crippen molar-refractivity contribution in [3.63, 3.8) is 0 Å². The molecule has 0 spiro atoms. The van der Waals surface area contributed by atoms with Gasteiger partial charge in [-0.2, -0.15) is 0 Å². The van der Waals surface area contributed by atoms with E-state index < -0.39 is 0 Å². The smallest absolute Gasteiger partial charge is 0.274 e. The van der Waals surface area contributed by atoms with E-state index in [0.29, 0.717) is 11.6 Å². The summed E-state index contributed by atoms with van der Waals surface area (Å²) in [6.45, 7) is 1.46. The van der Waals surface area contributed by atoms with Crippen LogP contribution in [0.4, 0.5) is 0 Å². The molecule has 1 aromatic carbocycles. The summed E-state index contributed by atoms with van der Waals surface area (Å²) in [6, 6.07) is 8.05. The maximum Gasteiger partial charge on any atom is 0.274 e. The van der Waals surface area contributed by atoms with Crippen LogP contribution in [0.5, 0.6) is 0 Å². The van der Waals surface area contributed by atoms with E-state index in [1.807, 2.05) is 23.1 Å². The van der Waals surface area contributed by atoms with Gasteiger partial charge >= 0.3 is 0 Å². The van der Waals surface area contributed by atoms with Gasteiger partial charge in [0.1, 0.15) is 5.69 Å². The van der Waals surface area contributed by atoms with Crippen LogP contribution in [0.2, 0.25) is 5.02 Å². The Kier molecular flexibility index (Phi) is 3.94. The van der Waals surface area contributed by atoms with E-state index in [4.69, 9.17) is 11.6 Å². The minimum Gasteiger partial charge on any atom is -0.358 e. The second-order valence-electron chi connectivity index (χ2n) is 6.11. The molecule has 4 rings (SSSR count). The van der Waals surface area contributed by atoms with Crippen LogP contribution in [0, 0.1) is 0 Å². The molecule has 122 valence electrons. The average molecular weight is 341 g/mol.